The van der Waals surface area contributed by atoms with Gasteiger partial charge >= 0.3 is 0 Å². The molecular formula is C14H20BrClN2. The molecule has 0 aromatic heterocycles. The minimum absolute atomic E-state index is 0.859. The fraction of sp³-hybridized carbons (Fsp3) is 0.571. The predicted molar refractivity (Wildman–Crippen MR) is 83.0 cm³/mol. The summed E-state index contributed by atoms with van der Waals surface area (Å²) in [5.74, 6) is 0. The Morgan fingerprint density at radius 3 is 2.56 bits per heavy atom. The zero-order valence-corrected chi connectivity index (χ0v) is 13.2. The van der Waals surface area contributed by atoms with Crippen LogP contribution in [0.2, 0.25) is 5.02 Å². The zero-order chi connectivity index (χ0) is 13.0. The van der Waals surface area contributed by atoms with E-state index in [0.717, 1.165) is 36.5 Å². The zero-order valence-electron chi connectivity index (χ0n) is 10.8. The second-order valence-corrected chi connectivity index (χ2v) is 5.68. The lowest BCUT2D eigenvalue weighted by atomic mass is 10.1. The van der Waals surface area contributed by atoms with E-state index >= 15 is 0 Å². The van der Waals surface area contributed by atoms with Gasteiger partial charge in [0.1, 0.15) is 0 Å². The number of anilines is 1. The number of para-hydroxylation sites is 1. The summed E-state index contributed by atoms with van der Waals surface area (Å²) < 4.78 is 0. The topological polar surface area (TPSA) is 6.48 Å². The molecule has 0 spiro atoms. The monoisotopic (exact) mass is 330 g/mol. The van der Waals surface area contributed by atoms with Gasteiger partial charge in [-0.05, 0) is 24.6 Å². The molecule has 1 heterocycles. The van der Waals surface area contributed by atoms with Crippen molar-refractivity contribution >= 4 is 33.2 Å². The van der Waals surface area contributed by atoms with E-state index < -0.39 is 0 Å². The highest BCUT2D eigenvalue weighted by atomic mass is 79.9. The Bertz CT molecular complexity index is 389. The smallest absolute Gasteiger partial charge is 0.0642 e. The molecule has 0 atom stereocenters. The second-order valence-electron chi connectivity index (χ2n) is 4.71. The van der Waals surface area contributed by atoms with Gasteiger partial charge < -0.3 is 4.90 Å². The first-order valence-corrected chi connectivity index (χ1v) is 8.07. The van der Waals surface area contributed by atoms with Gasteiger partial charge in [-0.25, -0.2) is 0 Å². The molecule has 0 aliphatic carbocycles. The number of alkyl halides is 1. The first kappa shape index (κ1) is 14.2. The van der Waals surface area contributed by atoms with Gasteiger partial charge in [0, 0.05) is 31.5 Å². The molecule has 1 aliphatic heterocycles. The normalized spacial score (nSPS) is 17.2. The van der Waals surface area contributed by atoms with E-state index in [1.807, 2.05) is 12.1 Å². The van der Waals surface area contributed by atoms with Crippen LogP contribution in [0.25, 0.3) is 0 Å². The minimum atomic E-state index is 0.859. The molecule has 1 aliphatic rings. The first-order valence-electron chi connectivity index (χ1n) is 6.57. The third kappa shape index (κ3) is 3.19. The van der Waals surface area contributed by atoms with E-state index in [4.69, 9.17) is 11.6 Å². The Morgan fingerprint density at radius 1 is 1.22 bits per heavy atom. The number of halogens is 2. The standard InChI is InChI=1S/C14H20BrClN2/c1-2-6-17-7-9-18(10-8-17)14-12(11-15)4-3-5-13(14)16/h3-5H,2,6-11H2,1H3. The van der Waals surface area contributed by atoms with E-state index in [9.17, 15) is 0 Å². The Kier molecular flexibility index (Phi) is 5.34. The van der Waals surface area contributed by atoms with Crippen molar-refractivity contribution in [1.82, 2.24) is 4.90 Å². The molecule has 0 unspecified atom stereocenters. The highest BCUT2D eigenvalue weighted by molar-refractivity contribution is 9.08. The molecule has 2 rings (SSSR count). The van der Waals surface area contributed by atoms with Crippen molar-refractivity contribution in [3.8, 4) is 0 Å². The number of hydrogen-bond acceptors (Lipinski definition) is 2. The quantitative estimate of drug-likeness (QED) is 0.775. The highest BCUT2D eigenvalue weighted by Gasteiger charge is 2.20. The van der Waals surface area contributed by atoms with Crippen LogP contribution >= 0.6 is 27.5 Å². The molecule has 0 saturated carbocycles. The molecule has 1 aromatic carbocycles. The molecule has 1 saturated heterocycles. The fourth-order valence-electron chi connectivity index (χ4n) is 2.53. The van der Waals surface area contributed by atoms with E-state index in [1.54, 1.807) is 0 Å². The van der Waals surface area contributed by atoms with E-state index in [-0.39, 0.29) is 0 Å². The molecule has 1 fully saturated rings. The average molecular weight is 332 g/mol. The van der Waals surface area contributed by atoms with Gasteiger partial charge in [0.25, 0.3) is 0 Å². The summed E-state index contributed by atoms with van der Waals surface area (Å²) >= 11 is 9.91. The average Bonchev–Trinajstić information content (AvgIpc) is 2.40. The van der Waals surface area contributed by atoms with Crippen LogP contribution in [0.5, 0.6) is 0 Å². The largest absolute Gasteiger partial charge is 0.368 e. The lowest BCUT2D eigenvalue weighted by Crippen LogP contribution is -2.46. The Morgan fingerprint density at radius 2 is 1.94 bits per heavy atom. The number of rotatable bonds is 4. The van der Waals surface area contributed by atoms with Crippen LogP contribution < -0.4 is 4.90 Å². The van der Waals surface area contributed by atoms with Crippen LogP contribution in [0.3, 0.4) is 0 Å². The summed E-state index contributed by atoms with van der Waals surface area (Å²) in [4.78, 5) is 4.95. The van der Waals surface area contributed by atoms with Gasteiger partial charge in [0.2, 0.25) is 0 Å². The minimum Gasteiger partial charge on any atom is -0.368 e. The van der Waals surface area contributed by atoms with Gasteiger partial charge in [-0.15, -0.1) is 0 Å². The van der Waals surface area contributed by atoms with Crippen LogP contribution in [0.4, 0.5) is 5.69 Å². The number of hydrogen-bond donors (Lipinski definition) is 0. The van der Waals surface area contributed by atoms with E-state index in [0.29, 0.717) is 0 Å². The first-order chi connectivity index (χ1) is 8.76. The molecular weight excluding hydrogens is 312 g/mol. The molecule has 0 bridgehead atoms. The molecule has 100 valence electrons. The number of benzene rings is 1. The summed E-state index contributed by atoms with van der Waals surface area (Å²) in [6.07, 6.45) is 1.23. The maximum Gasteiger partial charge on any atom is 0.0642 e. The number of piperazine rings is 1. The van der Waals surface area contributed by atoms with Gasteiger partial charge in [-0.1, -0.05) is 46.6 Å². The molecule has 4 heteroatoms. The summed E-state index contributed by atoms with van der Waals surface area (Å²) in [6, 6.07) is 6.16. The van der Waals surface area contributed by atoms with Crippen molar-refractivity contribution in [2.45, 2.75) is 18.7 Å². The summed E-state index contributed by atoms with van der Waals surface area (Å²) in [5, 5.41) is 1.73. The van der Waals surface area contributed by atoms with Gasteiger partial charge in [-0.3, -0.25) is 4.90 Å². The molecule has 0 N–H and O–H groups in total. The number of nitrogens with zero attached hydrogens (tertiary/aromatic N) is 2. The molecule has 0 amide bonds. The van der Waals surface area contributed by atoms with Crippen molar-refractivity contribution in [3.05, 3.63) is 28.8 Å². The predicted octanol–water partition coefficient (Wildman–Crippen LogP) is 3.77. The van der Waals surface area contributed by atoms with Gasteiger partial charge in [0.15, 0.2) is 0 Å². The Balaban J connectivity index is 2.09. The highest BCUT2D eigenvalue weighted by Crippen LogP contribution is 2.32. The van der Waals surface area contributed by atoms with Crippen LogP contribution in [-0.4, -0.2) is 37.6 Å². The summed E-state index contributed by atoms with van der Waals surface area (Å²) in [5.41, 5.74) is 2.50. The van der Waals surface area contributed by atoms with Crippen molar-refractivity contribution in [2.75, 3.05) is 37.6 Å². The maximum atomic E-state index is 6.36. The van der Waals surface area contributed by atoms with Crippen LogP contribution in [-0.2, 0) is 5.33 Å². The molecule has 2 nitrogen and oxygen atoms in total. The summed E-state index contributed by atoms with van der Waals surface area (Å²) in [7, 11) is 0. The van der Waals surface area contributed by atoms with E-state index in [1.165, 1.54) is 24.2 Å². The second kappa shape index (κ2) is 6.78. The van der Waals surface area contributed by atoms with Crippen molar-refractivity contribution in [1.29, 1.82) is 0 Å². The van der Waals surface area contributed by atoms with Crippen LogP contribution in [0, 0.1) is 0 Å². The fourth-order valence-corrected chi connectivity index (χ4v) is 3.30. The molecule has 18 heavy (non-hydrogen) atoms. The van der Waals surface area contributed by atoms with Crippen molar-refractivity contribution < 1.29 is 0 Å². The summed E-state index contributed by atoms with van der Waals surface area (Å²) in [6.45, 7) is 7.88. The maximum absolute atomic E-state index is 6.36. The third-order valence-corrected chi connectivity index (χ3v) is 4.35. The molecule has 1 aromatic rings. The van der Waals surface area contributed by atoms with Crippen LogP contribution in [0.1, 0.15) is 18.9 Å². The SMILES string of the molecule is CCCN1CCN(c2c(Cl)cccc2CBr)CC1. The molecule has 0 radical (unpaired) electrons. The van der Waals surface area contributed by atoms with Gasteiger partial charge in [0.05, 0.1) is 10.7 Å². The Labute approximate surface area is 123 Å². The lowest BCUT2D eigenvalue weighted by Gasteiger charge is -2.37. The van der Waals surface area contributed by atoms with Crippen molar-refractivity contribution in [3.63, 3.8) is 0 Å². The van der Waals surface area contributed by atoms with Crippen LogP contribution in [0.15, 0.2) is 18.2 Å². The van der Waals surface area contributed by atoms with Gasteiger partial charge in [-0.2, -0.15) is 0 Å². The lowest BCUT2D eigenvalue weighted by molar-refractivity contribution is 0.258. The Hall–Kier alpha value is -0.250. The third-order valence-electron chi connectivity index (χ3n) is 3.44. The van der Waals surface area contributed by atoms with Crippen molar-refractivity contribution in [2.24, 2.45) is 0 Å². The van der Waals surface area contributed by atoms with E-state index in [2.05, 4.69) is 38.7 Å².